The molecule has 1 aliphatic rings. The average Bonchev–Trinajstić information content (AvgIpc) is 2.99. The van der Waals surface area contributed by atoms with Gasteiger partial charge in [-0.05, 0) is 37.4 Å². The Bertz CT molecular complexity index is 403. The van der Waals surface area contributed by atoms with E-state index in [-0.39, 0.29) is 11.7 Å². The van der Waals surface area contributed by atoms with E-state index in [4.69, 9.17) is 10.3 Å². The maximum atomic E-state index is 11.3. The molecule has 2 heterocycles. The standard InChI is InChI=1S/C13H21N3O2/c1-2-3-10-6-7-16(8-10)9-11-4-5-12(18-11)13(17)15-14/h4-5,10H,2-3,6-9,14H2,1H3,(H,15,17). The number of rotatable bonds is 5. The van der Waals surface area contributed by atoms with Gasteiger partial charge in [-0.25, -0.2) is 5.84 Å². The Labute approximate surface area is 107 Å². The quantitative estimate of drug-likeness (QED) is 0.472. The van der Waals surface area contributed by atoms with Crippen molar-refractivity contribution in [2.75, 3.05) is 13.1 Å². The summed E-state index contributed by atoms with van der Waals surface area (Å²) in [6.45, 7) is 5.25. The minimum absolute atomic E-state index is 0.275. The van der Waals surface area contributed by atoms with Gasteiger partial charge in [0.2, 0.25) is 0 Å². The van der Waals surface area contributed by atoms with Crippen LogP contribution in [0.3, 0.4) is 0 Å². The largest absolute Gasteiger partial charge is 0.455 e. The van der Waals surface area contributed by atoms with Crippen LogP contribution < -0.4 is 11.3 Å². The summed E-state index contributed by atoms with van der Waals surface area (Å²) >= 11 is 0. The van der Waals surface area contributed by atoms with E-state index in [0.717, 1.165) is 31.3 Å². The highest BCUT2D eigenvalue weighted by atomic mass is 16.4. The van der Waals surface area contributed by atoms with E-state index in [1.165, 1.54) is 19.3 Å². The second kappa shape index (κ2) is 6.02. The topological polar surface area (TPSA) is 71.5 Å². The summed E-state index contributed by atoms with van der Waals surface area (Å²) in [7, 11) is 0. The van der Waals surface area contributed by atoms with Gasteiger partial charge in [0.25, 0.3) is 0 Å². The predicted octanol–water partition coefficient (Wildman–Crippen LogP) is 1.51. The van der Waals surface area contributed by atoms with Crippen LogP contribution in [-0.4, -0.2) is 23.9 Å². The van der Waals surface area contributed by atoms with Crippen molar-refractivity contribution >= 4 is 5.91 Å². The summed E-state index contributed by atoms with van der Waals surface area (Å²) in [5.41, 5.74) is 2.07. The zero-order chi connectivity index (χ0) is 13.0. The monoisotopic (exact) mass is 251 g/mol. The Morgan fingerprint density at radius 3 is 3.17 bits per heavy atom. The molecular formula is C13H21N3O2. The normalized spacial score (nSPS) is 20.2. The molecule has 0 radical (unpaired) electrons. The van der Waals surface area contributed by atoms with E-state index in [9.17, 15) is 4.79 Å². The van der Waals surface area contributed by atoms with Gasteiger partial charge < -0.3 is 4.42 Å². The molecule has 100 valence electrons. The molecule has 0 aromatic carbocycles. The van der Waals surface area contributed by atoms with Gasteiger partial charge in [0.15, 0.2) is 5.76 Å². The molecular weight excluding hydrogens is 230 g/mol. The number of nitrogens with one attached hydrogen (secondary N) is 1. The van der Waals surface area contributed by atoms with Gasteiger partial charge >= 0.3 is 5.91 Å². The number of furan rings is 1. The van der Waals surface area contributed by atoms with E-state index < -0.39 is 0 Å². The van der Waals surface area contributed by atoms with Gasteiger partial charge in [0, 0.05) is 6.54 Å². The highest BCUT2D eigenvalue weighted by Crippen LogP contribution is 2.23. The molecule has 18 heavy (non-hydrogen) atoms. The lowest BCUT2D eigenvalue weighted by atomic mass is 10.0. The molecule has 1 aliphatic heterocycles. The summed E-state index contributed by atoms with van der Waals surface area (Å²) in [4.78, 5) is 13.6. The van der Waals surface area contributed by atoms with Crippen LogP contribution in [0.2, 0.25) is 0 Å². The molecule has 0 saturated carbocycles. The number of likely N-dealkylation sites (tertiary alicyclic amines) is 1. The highest BCUT2D eigenvalue weighted by Gasteiger charge is 2.22. The fraction of sp³-hybridized carbons (Fsp3) is 0.615. The van der Waals surface area contributed by atoms with E-state index in [0.29, 0.717) is 0 Å². The van der Waals surface area contributed by atoms with Crippen molar-refractivity contribution in [2.45, 2.75) is 32.7 Å². The van der Waals surface area contributed by atoms with Gasteiger partial charge in [-0.1, -0.05) is 13.3 Å². The zero-order valence-corrected chi connectivity index (χ0v) is 10.8. The zero-order valence-electron chi connectivity index (χ0n) is 10.8. The first-order valence-corrected chi connectivity index (χ1v) is 6.55. The number of carbonyl (C=O) groups excluding carboxylic acids is 1. The molecule has 3 N–H and O–H groups in total. The van der Waals surface area contributed by atoms with E-state index in [1.807, 2.05) is 6.07 Å². The van der Waals surface area contributed by atoms with Crippen molar-refractivity contribution in [2.24, 2.45) is 11.8 Å². The molecule has 1 aromatic heterocycles. The van der Waals surface area contributed by atoms with Crippen LogP contribution in [0.25, 0.3) is 0 Å². The van der Waals surface area contributed by atoms with Gasteiger partial charge in [0.05, 0.1) is 6.54 Å². The summed E-state index contributed by atoms with van der Waals surface area (Å²) in [6, 6.07) is 3.51. The molecule has 1 aromatic rings. The van der Waals surface area contributed by atoms with E-state index in [1.54, 1.807) is 6.07 Å². The third-order valence-corrected chi connectivity index (χ3v) is 3.46. The van der Waals surface area contributed by atoms with Crippen molar-refractivity contribution in [1.29, 1.82) is 0 Å². The van der Waals surface area contributed by atoms with Crippen LogP contribution in [0.1, 0.15) is 42.5 Å². The van der Waals surface area contributed by atoms with Crippen molar-refractivity contribution in [3.8, 4) is 0 Å². The first-order chi connectivity index (χ1) is 8.72. The molecule has 2 rings (SSSR count). The maximum absolute atomic E-state index is 11.3. The van der Waals surface area contributed by atoms with Crippen molar-refractivity contribution in [1.82, 2.24) is 10.3 Å². The van der Waals surface area contributed by atoms with Crippen molar-refractivity contribution in [3.05, 3.63) is 23.7 Å². The molecule has 1 saturated heterocycles. The van der Waals surface area contributed by atoms with Gasteiger partial charge in [-0.3, -0.25) is 15.1 Å². The van der Waals surface area contributed by atoms with Crippen molar-refractivity contribution in [3.63, 3.8) is 0 Å². The lowest BCUT2D eigenvalue weighted by molar-refractivity contribution is 0.0922. The SMILES string of the molecule is CCCC1CCN(Cc2ccc(C(=O)NN)o2)C1. The van der Waals surface area contributed by atoms with Crippen LogP contribution in [0.15, 0.2) is 16.5 Å². The van der Waals surface area contributed by atoms with Crippen LogP contribution in [0.5, 0.6) is 0 Å². The molecule has 0 bridgehead atoms. The van der Waals surface area contributed by atoms with E-state index in [2.05, 4.69) is 17.2 Å². The molecule has 0 spiro atoms. The van der Waals surface area contributed by atoms with Gasteiger partial charge in [-0.2, -0.15) is 0 Å². The Hall–Kier alpha value is -1.33. The third kappa shape index (κ3) is 3.11. The Balaban J connectivity index is 1.87. The Morgan fingerprint density at radius 2 is 2.44 bits per heavy atom. The number of nitrogen functional groups attached to an aromatic ring is 1. The Kier molecular flexibility index (Phi) is 4.38. The predicted molar refractivity (Wildman–Crippen MR) is 68.7 cm³/mol. The van der Waals surface area contributed by atoms with Crippen LogP contribution in [-0.2, 0) is 6.54 Å². The van der Waals surface area contributed by atoms with Gasteiger partial charge in [0.1, 0.15) is 5.76 Å². The first kappa shape index (κ1) is 13.1. The summed E-state index contributed by atoms with van der Waals surface area (Å²) in [6.07, 6.45) is 3.82. The molecule has 1 atom stereocenters. The van der Waals surface area contributed by atoms with Crippen LogP contribution in [0, 0.1) is 5.92 Å². The number of carbonyl (C=O) groups is 1. The second-order valence-electron chi connectivity index (χ2n) is 4.92. The molecule has 0 aliphatic carbocycles. The number of amides is 1. The molecule has 5 nitrogen and oxygen atoms in total. The molecule has 1 fully saturated rings. The first-order valence-electron chi connectivity index (χ1n) is 6.55. The van der Waals surface area contributed by atoms with E-state index >= 15 is 0 Å². The highest BCUT2D eigenvalue weighted by molar-refractivity contribution is 5.90. The third-order valence-electron chi connectivity index (χ3n) is 3.46. The fourth-order valence-corrected chi connectivity index (χ4v) is 2.58. The summed E-state index contributed by atoms with van der Waals surface area (Å²) in [5, 5.41) is 0. The summed E-state index contributed by atoms with van der Waals surface area (Å²) < 4.78 is 5.46. The van der Waals surface area contributed by atoms with Gasteiger partial charge in [-0.15, -0.1) is 0 Å². The maximum Gasteiger partial charge on any atom is 0.300 e. The van der Waals surface area contributed by atoms with Crippen LogP contribution in [0.4, 0.5) is 0 Å². The fourth-order valence-electron chi connectivity index (χ4n) is 2.58. The van der Waals surface area contributed by atoms with Crippen LogP contribution >= 0.6 is 0 Å². The number of hydrazine groups is 1. The molecule has 1 amide bonds. The second-order valence-corrected chi connectivity index (χ2v) is 4.92. The minimum Gasteiger partial charge on any atom is -0.455 e. The summed E-state index contributed by atoms with van der Waals surface area (Å²) in [5.74, 6) is 6.59. The number of nitrogens with two attached hydrogens (primary N) is 1. The van der Waals surface area contributed by atoms with Crippen molar-refractivity contribution < 1.29 is 9.21 Å². The number of nitrogens with zero attached hydrogens (tertiary/aromatic N) is 1. The Morgan fingerprint density at radius 1 is 1.61 bits per heavy atom. The minimum atomic E-state index is -0.383. The number of hydrogen-bond acceptors (Lipinski definition) is 4. The lowest BCUT2D eigenvalue weighted by Gasteiger charge is -2.13. The average molecular weight is 251 g/mol. The lowest BCUT2D eigenvalue weighted by Crippen LogP contribution is -2.29. The molecule has 1 unspecified atom stereocenters. The number of hydrogen-bond donors (Lipinski definition) is 2. The smallest absolute Gasteiger partial charge is 0.300 e. The molecule has 5 heteroatoms.